The second kappa shape index (κ2) is 15.1. The lowest BCUT2D eigenvalue weighted by molar-refractivity contribution is -0.697. The van der Waals surface area contributed by atoms with Crippen LogP contribution in [0.1, 0.15) is 48.6 Å². The summed E-state index contributed by atoms with van der Waals surface area (Å²) in [4.78, 5) is 2.24. The van der Waals surface area contributed by atoms with Gasteiger partial charge in [-0.3, -0.25) is 4.90 Å². The number of halogens is 6. The van der Waals surface area contributed by atoms with E-state index < -0.39 is 37.2 Å². The number of unbranched alkanes of at least 4 members (excludes halogenated alkanes) is 1. The molecule has 1 heterocycles. The highest BCUT2D eigenvalue weighted by molar-refractivity contribution is 8.13. The van der Waals surface area contributed by atoms with Crippen molar-refractivity contribution in [1.29, 1.82) is 0 Å². The summed E-state index contributed by atoms with van der Waals surface area (Å²) in [6.07, 6.45) is 6.14. The Hall–Kier alpha value is -3.05. The van der Waals surface area contributed by atoms with E-state index in [1.54, 1.807) is 0 Å². The first-order valence-corrected chi connectivity index (χ1v) is 15.6. The third kappa shape index (κ3) is 10.6. The molecule has 0 spiro atoms. The van der Waals surface area contributed by atoms with Gasteiger partial charge in [0, 0.05) is 24.6 Å². The van der Waals surface area contributed by atoms with Gasteiger partial charge in [0.25, 0.3) is 0 Å². The van der Waals surface area contributed by atoms with Crippen LogP contribution in [-0.4, -0.2) is 44.9 Å². The van der Waals surface area contributed by atoms with Crippen molar-refractivity contribution in [2.75, 3.05) is 7.05 Å². The van der Waals surface area contributed by atoms with Gasteiger partial charge in [-0.25, -0.2) is 21.4 Å². The van der Waals surface area contributed by atoms with Crippen LogP contribution in [0.5, 0.6) is 0 Å². The minimum absolute atomic E-state index is 0.118. The summed E-state index contributed by atoms with van der Waals surface area (Å²) in [5.74, 6) is 0. The van der Waals surface area contributed by atoms with Gasteiger partial charge >= 0.3 is 11.0 Å². The topological polar surface area (TPSA) is 110 Å². The first kappa shape index (κ1) is 36.1. The number of likely N-dealkylation sites (N-methyl/N-ethyl adjacent to an activating group) is 1. The molecule has 0 amide bonds. The van der Waals surface area contributed by atoms with Crippen LogP contribution in [0.2, 0.25) is 0 Å². The first-order valence-electron chi connectivity index (χ1n) is 12.7. The minimum Gasteiger partial charge on any atom is -0.421 e. The SMILES string of the molecule is CCCC[n+]1cccc(CN(C)[C@H](c2ccccc2)[C@H](O)c2ccccc2)c1.O=S(=O)([N-]S(=O)(=O)C(F)(F)F)C(F)(F)F. The number of aliphatic hydroxyl groups excluding tert-OH is 1. The Morgan fingerprint density at radius 2 is 1.30 bits per heavy atom. The molecular formula is C27H31F6N3O5S2. The smallest absolute Gasteiger partial charge is 0.421 e. The lowest BCUT2D eigenvalue weighted by atomic mass is 9.94. The number of hydrogen-bond donors (Lipinski definition) is 1. The fourth-order valence-electron chi connectivity index (χ4n) is 3.91. The Bertz CT molecular complexity index is 1460. The Balaban J connectivity index is 0.000000367. The van der Waals surface area contributed by atoms with Gasteiger partial charge in [0.2, 0.25) is 0 Å². The average Bonchev–Trinajstić information content (AvgIpc) is 2.92. The molecule has 0 aliphatic heterocycles. The van der Waals surface area contributed by atoms with E-state index in [0.717, 1.165) is 28.3 Å². The number of alkyl halides is 6. The highest BCUT2D eigenvalue weighted by atomic mass is 32.3. The third-order valence-corrected chi connectivity index (χ3v) is 8.70. The standard InChI is InChI=1S/C25H31N2O.C2F6NO4S2/c1-3-4-17-27-18-11-12-21(20-27)19-26(2)24(22-13-7-5-8-14-22)25(28)23-15-9-6-10-16-23;3-1(4,5)14(10,11)9-15(12,13)2(6,7)8/h5-16,18,20,24-25,28H,3-4,17,19H2,1-2H3;/q+1;-1/t24-,25-;/m1./s1. The van der Waals surface area contributed by atoms with Gasteiger partial charge in [0.1, 0.15) is 6.54 Å². The van der Waals surface area contributed by atoms with E-state index in [1.165, 1.54) is 18.4 Å². The van der Waals surface area contributed by atoms with Crippen molar-refractivity contribution < 1.29 is 52.9 Å². The monoisotopic (exact) mass is 655 g/mol. The Morgan fingerprint density at radius 3 is 1.77 bits per heavy atom. The van der Waals surface area contributed by atoms with E-state index in [-0.39, 0.29) is 6.04 Å². The summed E-state index contributed by atoms with van der Waals surface area (Å²) in [5, 5.41) is 11.2. The van der Waals surface area contributed by atoms with Gasteiger partial charge in [0.15, 0.2) is 32.4 Å². The molecule has 0 aliphatic carbocycles. The van der Waals surface area contributed by atoms with Crippen molar-refractivity contribution >= 4 is 20.0 Å². The fraction of sp³-hybridized carbons (Fsp3) is 0.370. The molecule has 0 unspecified atom stereocenters. The second-order valence-electron chi connectivity index (χ2n) is 9.35. The quantitative estimate of drug-likeness (QED) is 0.209. The van der Waals surface area contributed by atoms with Crippen molar-refractivity contribution in [3.05, 3.63) is 106 Å². The summed E-state index contributed by atoms with van der Waals surface area (Å²) >= 11 is 0. The van der Waals surface area contributed by atoms with E-state index >= 15 is 0 Å². The molecule has 0 radical (unpaired) electrons. The van der Waals surface area contributed by atoms with E-state index in [0.29, 0.717) is 0 Å². The number of benzene rings is 2. The maximum atomic E-state index is 11.4. The summed E-state index contributed by atoms with van der Waals surface area (Å²) in [6.45, 7) is 4.03. The maximum Gasteiger partial charge on any atom is 0.480 e. The number of aryl methyl sites for hydroxylation is 1. The van der Waals surface area contributed by atoms with Crippen LogP contribution in [0, 0.1) is 0 Å². The fourth-order valence-corrected chi connectivity index (χ4v) is 5.62. The molecule has 8 nitrogen and oxygen atoms in total. The van der Waals surface area contributed by atoms with Crippen molar-refractivity contribution in [3.8, 4) is 0 Å². The van der Waals surface area contributed by atoms with E-state index in [1.807, 2.05) is 48.5 Å². The number of aliphatic hydroxyl groups is 1. The second-order valence-corrected chi connectivity index (χ2v) is 12.8. The molecule has 16 heteroatoms. The zero-order chi connectivity index (χ0) is 32.5. The zero-order valence-electron chi connectivity index (χ0n) is 23.1. The van der Waals surface area contributed by atoms with Crippen molar-refractivity contribution in [2.45, 2.75) is 56.0 Å². The van der Waals surface area contributed by atoms with Crippen LogP contribution < -0.4 is 4.57 Å². The normalized spacial score (nSPS) is 14.1. The molecule has 0 saturated heterocycles. The predicted octanol–water partition coefficient (Wildman–Crippen LogP) is 5.74. The van der Waals surface area contributed by atoms with Crippen LogP contribution in [-0.2, 0) is 33.1 Å². The molecule has 0 saturated carbocycles. The number of hydrogen-bond acceptors (Lipinski definition) is 6. The summed E-state index contributed by atoms with van der Waals surface area (Å²) in [7, 11) is -11.4. The maximum absolute atomic E-state index is 11.4. The summed E-state index contributed by atoms with van der Waals surface area (Å²) < 4.78 is 111. The molecule has 0 bridgehead atoms. The zero-order valence-corrected chi connectivity index (χ0v) is 24.7. The number of aromatic nitrogens is 1. The largest absolute Gasteiger partial charge is 0.480 e. The highest BCUT2D eigenvalue weighted by Gasteiger charge is 2.47. The molecule has 1 N–H and O–H groups in total. The van der Waals surface area contributed by atoms with E-state index in [2.05, 4.69) is 60.1 Å². The van der Waals surface area contributed by atoms with Crippen LogP contribution in [0.4, 0.5) is 26.3 Å². The van der Waals surface area contributed by atoms with Gasteiger partial charge in [0.05, 0.1) is 12.1 Å². The highest BCUT2D eigenvalue weighted by Crippen LogP contribution is 2.36. The molecule has 3 aromatic rings. The molecule has 238 valence electrons. The van der Waals surface area contributed by atoms with Crippen LogP contribution in [0.25, 0.3) is 4.13 Å². The Kier molecular flexibility index (Phi) is 12.7. The van der Waals surface area contributed by atoms with Gasteiger partial charge in [-0.1, -0.05) is 74.0 Å². The van der Waals surface area contributed by atoms with Crippen molar-refractivity contribution in [1.82, 2.24) is 4.90 Å². The van der Waals surface area contributed by atoms with Gasteiger partial charge in [-0.15, -0.1) is 0 Å². The van der Waals surface area contributed by atoms with Gasteiger partial charge in [-0.2, -0.15) is 26.3 Å². The summed E-state index contributed by atoms with van der Waals surface area (Å²) in [5.41, 5.74) is -9.09. The molecule has 2 atom stereocenters. The predicted molar refractivity (Wildman–Crippen MR) is 147 cm³/mol. The number of pyridine rings is 1. The summed E-state index contributed by atoms with van der Waals surface area (Å²) in [6, 6.07) is 24.4. The molecule has 0 aliphatic rings. The first-order chi connectivity index (χ1) is 19.9. The molecule has 2 aromatic carbocycles. The van der Waals surface area contributed by atoms with Crippen LogP contribution in [0.15, 0.2) is 85.2 Å². The van der Waals surface area contributed by atoms with Crippen molar-refractivity contribution in [2.24, 2.45) is 0 Å². The molecule has 1 aromatic heterocycles. The van der Waals surface area contributed by atoms with Crippen LogP contribution in [0.3, 0.4) is 0 Å². The van der Waals surface area contributed by atoms with Crippen LogP contribution >= 0.6 is 0 Å². The minimum atomic E-state index is -6.72. The molecule has 3 rings (SSSR count). The lowest BCUT2D eigenvalue weighted by Gasteiger charge is -2.32. The average molecular weight is 656 g/mol. The lowest BCUT2D eigenvalue weighted by Crippen LogP contribution is -2.35. The van der Waals surface area contributed by atoms with Crippen molar-refractivity contribution in [3.63, 3.8) is 0 Å². The van der Waals surface area contributed by atoms with Gasteiger partial charge in [-0.05, 0) is 24.2 Å². The molecule has 43 heavy (non-hydrogen) atoms. The van der Waals surface area contributed by atoms with E-state index in [4.69, 9.17) is 0 Å². The molecule has 0 fully saturated rings. The number of sulfonamides is 2. The Labute approximate surface area is 246 Å². The van der Waals surface area contributed by atoms with E-state index in [9.17, 15) is 48.3 Å². The number of nitrogens with zero attached hydrogens (tertiary/aromatic N) is 3. The Morgan fingerprint density at radius 1 is 0.814 bits per heavy atom. The third-order valence-electron chi connectivity index (χ3n) is 5.96. The number of rotatable bonds is 11. The molecular weight excluding hydrogens is 624 g/mol. The van der Waals surface area contributed by atoms with Gasteiger partial charge < -0.3 is 9.23 Å².